The van der Waals surface area contributed by atoms with Crippen LogP contribution < -0.4 is 0 Å². The number of aromatic amines is 1. The SMILES string of the molecule is O.O=C1c2ccccc2S(=O)(=O)c2cc(-c3nnn[nH]3)ccc21. The molecule has 0 aliphatic carbocycles. The molecule has 0 amide bonds. The molecule has 0 unspecified atom stereocenters. The molecule has 1 aliphatic heterocycles. The van der Waals surface area contributed by atoms with E-state index < -0.39 is 9.84 Å². The topological polar surface area (TPSA) is 137 Å². The molecular weight excluding hydrogens is 320 g/mol. The van der Waals surface area contributed by atoms with E-state index in [1.54, 1.807) is 18.2 Å². The van der Waals surface area contributed by atoms with Gasteiger partial charge in [-0.05, 0) is 34.7 Å². The number of H-pyrrole nitrogens is 1. The summed E-state index contributed by atoms with van der Waals surface area (Å²) in [6.45, 7) is 0. The van der Waals surface area contributed by atoms with E-state index in [4.69, 9.17) is 0 Å². The number of carbonyl (C=O) groups excluding carboxylic acids is 1. The zero-order valence-corrected chi connectivity index (χ0v) is 12.3. The summed E-state index contributed by atoms with van der Waals surface area (Å²) in [5.74, 6) is 0.0342. The van der Waals surface area contributed by atoms with Crippen LogP contribution in [0.3, 0.4) is 0 Å². The minimum atomic E-state index is -3.75. The third-order valence-electron chi connectivity index (χ3n) is 3.56. The number of hydrogen-bond acceptors (Lipinski definition) is 6. The number of tetrazole rings is 1. The van der Waals surface area contributed by atoms with Crippen molar-refractivity contribution >= 4 is 15.6 Å². The van der Waals surface area contributed by atoms with E-state index in [-0.39, 0.29) is 32.2 Å². The summed E-state index contributed by atoms with van der Waals surface area (Å²) in [6, 6.07) is 10.7. The van der Waals surface area contributed by atoms with E-state index >= 15 is 0 Å². The van der Waals surface area contributed by atoms with Crippen molar-refractivity contribution in [3.05, 3.63) is 53.6 Å². The minimum Gasteiger partial charge on any atom is -0.412 e. The average Bonchev–Trinajstić information content (AvgIpc) is 3.07. The molecule has 3 N–H and O–H groups in total. The summed E-state index contributed by atoms with van der Waals surface area (Å²) in [4.78, 5) is 12.5. The van der Waals surface area contributed by atoms with Gasteiger partial charge in [-0.25, -0.2) is 13.5 Å². The number of sulfone groups is 1. The predicted octanol–water partition coefficient (Wildman–Crippen LogP) is 0.419. The van der Waals surface area contributed by atoms with Gasteiger partial charge in [0.1, 0.15) is 0 Å². The Kier molecular flexibility index (Phi) is 3.31. The summed E-state index contributed by atoms with van der Waals surface area (Å²) in [7, 11) is -3.75. The normalized spacial score (nSPS) is 14.5. The highest BCUT2D eigenvalue weighted by molar-refractivity contribution is 7.91. The number of hydrogen-bond donors (Lipinski definition) is 1. The van der Waals surface area contributed by atoms with E-state index in [1.807, 2.05) is 0 Å². The maximum absolute atomic E-state index is 12.7. The van der Waals surface area contributed by atoms with Gasteiger partial charge in [-0.2, -0.15) is 0 Å². The van der Waals surface area contributed by atoms with Crippen molar-refractivity contribution in [2.24, 2.45) is 0 Å². The van der Waals surface area contributed by atoms with Gasteiger partial charge in [0.2, 0.25) is 9.84 Å². The minimum absolute atomic E-state index is 0. The number of nitrogens with zero attached hydrogens (tertiary/aromatic N) is 3. The van der Waals surface area contributed by atoms with E-state index in [2.05, 4.69) is 20.6 Å². The summed E-state index contributed by atoms with van der Waals surface area (Å²) < 4.78 is 25.5. The molecule has 2 heterocycles. The van der Waals surface area contributed by atoms with Crippen LogP contribution in [0.1, 0.15) is 15.9 Å². The number of fused-ring (bicyclic) bond motifs is 2. The standard InChI is InChI=1S/C14H8N4O3S.H2O/c19-13-9-3-1-2-4-11(9)22(20,21)12-7-8(5-6-10(12)13)14-15-17-18-16-14;/h1-7H,(H,15,16,17,18);1H2. The van der Waals surface area contributed by atoms with Crippen LogP contribution in [0.15, 0.2) is 52.3 Å². The second-order valence-corrected chi connectivity index (χ2v) is 6.68. The smallest absolute Gasteiger partial charge is 0.208 e. The van der Waals surface area contributed by atoms with Gasteiger partial charge in [0.05, 0.1) is 9.79 Å². The van der Waals surface area contributed by atoms with Crippen LogP contribution in [0, 0.1) is 0 Å². The first-order chi connectivity index (χ1) is 10.6. The first kappa shape index (κ1) is 15.0. The van der Waals surface area contributed by atoms with E-state index in [0.717, 1.165) is 0 Å². The van der Waals surface area contributed by atoms with Crippen LogP contribution in [0.2, 0.25) is 0 Å². The van der Waals surface area contributed by atoms with Crippen molar-refractivity contribution in [3.63, 3.8) is 0 Å². The first-order valence-electron chi connectivity index (χ1n) is 6.36. The van der Waals surface area contributed by atoms with Gasteiger partial charge in [0, 0.05) is 16.7 Å². The molecule has 0 radical (unpaired) electrons. The molecule has 0 spiro atoms. The van der Waals surface area contributed by atoms with Gasteiger partial charge in [0.15, 0.2) is 11.6 Å². The number of nitrogens with one attached hydrogen (secondary N) is 1. The van der Waals surface area contributed by atoms with Gasteiger partial charge in [-0.3, -0.25) is 4.79 Å². The van der Waals surface area contributed by atoms with E-state index in [0.29, 0.717) is 11.4 Å². The fourth-order valence-electron chi connectivity index (χ4n) is 2.51. The number of benzene rings is 2. The molecule has 0 bridgehead atoms. The molecule has 0 saturated carbocycles. The Balaban J connectivity index is 0.00000156. The Labute approximate surface area is 130 Å². The second kappa shape index (κ2) is 5.07. The lowest BCUT2D eigenvalue weighted by Gasteiger charge is -2.18. The van der Waals surface area contributed by atoms with Gasteiger partial charge in [0.25, 0.3) is 0 Å². The van der Waals surface area contributed by atoms with Crippen LogP contribution in [0.25, 0.3) is 11.4 Å². The summed E-state index contributed by atoms with van der Waals surface area (Å²) in [5, 5.41) is 13.2. The lowest BCUT2D eigenvalue weighted by molar-refractivity contribution is 0.103. The average molecular weight is 330 g/mol. The van der Waals surface area contributed by atoms with Crippen LogP contribution in [-0.2, 0) is 9.84 Å². The van der Waals surface area contributed by atoms with E-state index in [1.165, 1.54) is 24.3 Å². The Morgan fingerprint density at radius 2 is 1.70 bits per heavy atom. The zero-order chi connectivity index (χ0) is 15.3. The van der Waals surface area contributed by atoms with Crippen LogP contribution >= 0.6 is 0 Å². The Bertz CT molecular complexity index is 1010. The van der Waals surface area contributed by atoms with Crippen LogP contribution in [0.5, 0.6) is 0 Å². The highest BCUT2D eigenvalue weighted by Crippen LogP contribution is 2.35. The number of rotatable bonds is 1. The summed E-state index contributed by atoms with van der Waals surface area (Å²) in [6.07, 6.45) is 0. The molecule has 2 aromatic carbocycles. The lowest BCUT2D eigenvalue weighted by Crippen LogP contribution is -2.20. The van der Waals surface area contributed by atoms with E-state index in [9.17, 15) is 13.2 Å². The maximum Gasteiger partial charge on any atom is 0.208 e. The van der Waals surface area contributed by atoms with Crippen molar-refractivity contribution in [1.29, 1.82) is 0 Å². The number of aromatic nitrogens is 4. The quantitative estimate of drug-likeness (QED) is 0.537. The van der Waals surface area contributed by atoms with Crippen LogP contribution in [0.4, 0.5) is 0 Å². The maximum atomic E-state index is 12.7. The lowest BCUT2D eigenvalue weighted by atomic mass is 10.0. The third kappa shape index (κ3) is 2.05. The molecule has 0 fully saturated rings. The fourth-order valence-corrected chi connectivity index (χ4v) is 4.19. The molecule has 3 aromatic rings. The van der Waals surface area contributed by atoms with Gasteiger partial charge >= 0.3 is 0 Å². The molecule has 1 aliphatic rings. The zero-order valence-electron chi connectivity index (χ0n) is 11.5. The Morgan fingerprint density at radius 3 is 2.43 bits per heavy atom. The molecule has 116 valence electrons. The first-order valence-corrected chi connectivity index (χ1v) is 7.84. The van der Waals surface area contributed by atoms with Crippen molar-refractivity contribution < 1.29 is 18.7 Å². The molecule has 4 rings (SSSR count). The second-order valence-electron chi connectivity index (χ2n) is 4.79. The highest BCUT2D eigenvalue weighted by atomic mass is 32.2. The largest absolute Gasteiger partial charge is 0.412 e. The van der Waals surface area contributed by atoms with Crippen molar-refractivity contribution in [2.45, 2.75) is 9.79 Å². The molecule has 9 heteroatoms. The number of ketones is 1. The fraction of sp³-hybridized carbons (Fsp3) is 0. The van der Waals surface area contributed by atoms with Crippen molar-refractivity contribution in [1.82, 2.24) is 20.6 Å². The highest BCUT2D eigenvalue weighted by Gasteiger charge is 2.34. The third-order valence-corrected chi connectivity index (χ3v) is 5.41. The molecule has 0 atom stereocenters. The van der Waals surface area contributed by atoms with Crippen molar-refractivity contribution in [3.8, 4) is 11.4 Å². The van der Waals surface area contributed by atoms with Gasteiger partial charge in [-0.1, -0.05) is 18.2 Å². The summed E-state index contributed by atoms with van der Waals surface area (Å²) >= 11 is 0. The van der Waals surface area contributed by atoms with Crippen LogP contribution in [-0.4, -0.2) is 40.3 Å². The van der Waals surface area contributed by atoms with Gasteiger partial charge < -0.3 is 5.48 Å². The predicted molar refractivity (Wildman–Crippen MR) is 78.6 cm³/mol. The van der Waals surface area contributed by atoms with Gasteiger partial charge in [-0.15, -0.1) is 5.10 Å². The monoisotopic (exact) mass is 330 g/mol. The molecule has 1 aromatic heterocycles. The number of carbonyl (C=O) groups is 1. The molecular formula is C14H10N4O4S. The Morgan fingerprint density at radius 1 is 0.957 bits per heavy atom. The molecule has 0 saturated heterocycles. The molecule has 8 nitrogen and oxygen atoms in total. The van der Waals surface area contributed by atoms with Crippen molar-refractivity contribution in [2.75, 3.05) is 0 Å². The molecule has 23 heavy (non-hydrogen) atoms. The summed E-state index contributed by atoms with van der Waals surface area (Å²) in [5.41, 5.74) is 0.860. The Hall–Kier alpha value is -2.91.